The molecule has 4 unspecified atom stereocenters. The molecule has 0 aliphatic carbocycles. The highest BCUT2D eigenvalue weighted by Crippen LogP contribution is 2.19. The fourth-order valence-corrected chi connectivity index (χ4v) is 2.86. The summed E-state index contributed by atoms with van der Waals surface area (Å²) in [5, 5.41) is 24.1. The maximum atomic E-state index is 12.7. The average molecular weight is 372 g/mol. The fraction of sp³-hybridized carbons (Fsp3) is 0.750. The summed E-state index contributed by atoms with van der Waals surface area (Å²) in [6.45, 7) is 4.70. The van der Waals surface area contributed by atoms with E-state index in [1.165, 1.54) is 6.92 Å². The number of nitrogens with one attached hydrogen (secondary N) is 2. The lowest BCUT2D eigenvalue weighted by molar-refractivity contribution is -0.150. The first-order chi connectivity index (χ1) is 12.1. The van der Waals surface area contributed by atoms with Crippen molar-refractivity contribution in [3.05, 3.63) is 0 Å². The van der Waals surface area contributed by atoms with Gasteiger partial charge < -0.3 is 31.5 Å². The minimum Gasteiger partial charge on any atom is -0.480 e. The Kier molecular flexibility index (Phi) is 7.97. The molecule has 1 aliphatic heterocycles. The Labute approximate surface area is 152 Å². The summed E-state index contributed by atoms with van der Waals surface area (Å²) in [7, 11) is 0. The van der Waals surface area contributed by atoms with Gasteiger partial charge in [0.25, 0.3) is 0 Å². The molecule has 10 heteroatoms. The van der Waals surface area contributed by atoms with Crippen LogP contribution >= 0.6 is 0 Å². The molecule has 0 radical (unpaired) electrons. The van der Waals surface area contributed by atoms with Crippen molar-refractivity contribution in [2.75, 3.05) is 13.1 Å². The second-order valence-electron chi connectivity index (χ2n) is 6.75. The zero-order valence-corrected chi connectivity index (χ0v) is 15.3. The van der Waals surface area contributed by atoms with Crippen LogP contribution in [0.25, 0.3) is 0 Å². The van der Waals surface area contributed by atoms with E-state index in [1.807, 2.05) is 0 Å². The van der Waals surface area contributed by atoms with E-state index in [0.29, 0.717) is 12.8 Å². The molecule has 3 amide bonds. The van der Waals surface area contributed by atoms with E-state index in [1.54, 1.807) is 13.8 Å². The molecule has 1 aliphatic rings. The van der Waals surface area contributed by atoms with Gasteiger partial charge in [-0.15, -0.1) is 0 Å². The third kappa shape index (κ3) is 5.40. The van der Waals surface area contributed by atoms with Crippen molar-refractivity contribution in [1.82, 2.24) is 15.5 Å². The van der Waals surface area contributed by atoms with Crippen LogP contribution in [0.2, 0.25) is 0 Å². The van der Waals surface area contributed by atoms with Crippen molar-refractivity contribution in [1.29, 1.82) is 0 Å². The first kappa shape index (κ1) is 21.8. The SMILES string of the molecule is CC(C)C(NC(=O)CN)C(=O)NC(C(=O)N1CCCC1C(=O)O)C(C)O. The number of rotatable bonds is 8. The molecule has 1 fully saturated rings. The van der Waals surface area contributed by atoms with E-state index in [2.05, 4.69) is 10.6 Å². The Morgan fingerprint density at radius 3 is 2.23 bits per heavy atom. The summed E-state index contributed by atoms with van der Waals surface area (Å²) >= 11 is 0. The van der Waals surface area contributed by atoms with Crippen molar-refractivity contribution in [3.63, 3.8) is 0 Å². The van der Waals surface area contributed by atoms with Crippen LogP contribution in [-0.2, 0) is 19.2 Å². The van der Waals surface area contributed by atoms with Crippen LogP contribution < -0.4 is 16.4 Å². The first-order valence-electron chi connectivity index (χ1n) is 8.61. The number of aliphatic carboxylic acids is 1. The van der Waals surface area contributed by atoms with Crippen molar-refractivity contribution in [2.24, 2.45) is 11.7 Å². The molecule has 0 bridgehead atoms. The maximum Gasteiger partial charge on any atom is 0.326 e. The zero-order valence-electron chi connectivity index (χ0n) is 15.3. The van der Waals surface area contributed by atoms with E-state index in [0.717, 1.165) is 4.90 Å². The Bertz CT molecular complexity index is 551. The zero-order chi connectivity index (χ0) is 20.0. The third-order valence-electron chi connectivity index (χ3n) is 4.32. The summed E-state index contributed by atoms with van der Waals surface area (Å²) in [6.07, 6.45) is -0.382. The molecule has 0 aromatic rings. The summed E-state index contributed by atoms with van der Waals surface area (Å²) in [5.41, 5.74) is 5.24. The number of carbonyl (C=O) groups excluding carboxylic acids is 3. The number of carboxylic acid groups (broad SMARTS) is 1. The molecule has 6 N–H and O–H groups in total. The normalized spacial score (nSPS) is 20.4. The van der Waals surface area contributed by atoms with E-state index >= 15 is 0 Å². The van der Waals surface area contributed by atoms with Crippen LogP contribution in [0.5, 0.6) is 0 Å². The second kappa shape index (κ2) is 9.48. The number of carboxylic acids is 1. The number of aliphatic hydroxyl groups excluding tert-OH is 1. The molecule has 4 atom stereocenters. The Hall–Kier alpha value is -2.20. The Morgan fingerprint density at radius 2 is 1.77 bits per heavy atom. The van der Waals surface area contributed by atoms with Crippen LogP contribution in [0.15, 0.2) is 0 Å². The number of amides is 3. The largest absolute Gasteiger partial charge is 0.480 e. The molecule has 148 valence electrons. The van der Waals surface area contributed by atoms with Gasteiger partial charge in [0.2, 0.25) is 17.7 Å². The summed E-state index contributed by atoms with van der Waals surface area (Å²) < 4.78 is 0. The van der Waals surface area contributed by atoms with Crippen molar-refractivity contribution >= 4 is 23.7 Å². The topological polar surface area (TPSA) is 162 Å². The number of nitrogens with two attached hydrogens (primary N) is 1. The first-order valence-corrected chi connectivity index (χ1v) is 8.61. The van der Waals surface area contributed by atoms with Crippen molar-refractivity contribution in [2.45, 2.75) is 57.8 Å². The van der Waals surface area contributed by atoms with Gasteiger partial charge in [0.15, 0.2) is 0 Å². The lowest BCUT2D eigenvalue weighted by Gasteiger charge is -2.30. The predicted molar refractivity (Wildman–Crippen MR) is 91.8 cm³/mol. The standard InChI is InChI=1S/C16H28N4O6/c1-8(2)12(18-11(22)7-17)14(23)19-13(9(3)21)15(24)20-6-4-5-10(20)16(25)26/h8-10,12-13,21H,4-7,17H2,1-3H3,(H,18,22)(H,19,23)(H,25,26). The van der Waals surface area contributed by atoms with E-state index in [9.17, 15) is 29.4 Å². The lowest BCUT2D eigenvalue weighted by Crippen LogP contribution is -2.60. The molecule has 10 nitrogen and oxygen atoms in total. The summed E-state index contributed by atoms with van der Waals surface area (Å²) in [4.78, 5) is 49.2. The van der Waals surface area contributed by atoms with Crippen LogP contribution in [0.1, 0.15) is 33.6 Å². The molecule has 0 saturated carbocycles. The number of nitrogens with zero attached hydrogens (tertiary/aromatic N) is 1. The molecule has 26 heavy (non-hydrogen) atoms. The fourth-order valence-electron chi connectivity index (χ4n) is 2.86. The highest BCUT2D eigenvalue weighted by atomic mass is 16.4. The highest BCUT2D eigenvalue weighted by molar-refractivity contribution is 5.94. The minimum absolute atomic E-state index is 0.242. The smallest absolute Gasteiger partial charge is 0.326 e. The van der Waals surface area contributed by atoms with Crippen molar-refractivity contribution < 1.29 is 29.4 Å². The average Bonchev–Trinajstić information content (AvgIpc) is 3.05. The van der Waals surface area contributed by atoms with E-state index in [4.69, 9.17) is 5.73 Å². The van der Waals surface area contributed by atoms with Crippen molar-refractivity contribution in [3.8, 4) is 0 Å². The maximum absolute atomic E-state index is 12.7. The highest BCUT2D eigenvalue weighted by Gasteiger charge is 2.40. The molecular weight excluding hydrogens is 344 g/mol. The monoisotopic (exact) mass is 372 g/mol. The quantitative estimate of drug-likeness (QED) is 0.330. The van der Waals surface area contributed by atoms with Gasteiger partial charge in [-0.05, 0) is 25.7 Å². The molecular formula is C16H28N4O6. The molecule has 0 aromatic heterocycles. The Balaban J connectivity index is 2.92. The number of aliphatic hydroxyl groups is 1. The molecule has 1 rings (SSSR count). The Morgan fingerprint density at radius 1 is 1.15 bits per heavy atom. The molecule has 1 heterocycles. The van der Waals surface area contributed by atoms with Gasteiger partial charge in [-0.1, -0.05) is 13.8 Å². The van der Waals surface area contributed by atoms with E-state index in [-0.39, 0.29) is 19.0 Å². The van der Waals surface area contributed by atoms with Gasteiger partial charge in [0.1, 0.15) is 18.1 Å². The van der Waals surface area contributed by atoms with Crippen LogP contribution in [0, 0.1) is 5.92 Å². The number of likely N-dealkylation sites (tertiary alicyclic amines) is 1. The molecule has 0 spiro atoms. The van der Waals surface area contributed by atoms with E-state index < -0.39 is 47.9 Å². The molecule has 1 saturated heterocycles. The van der Waals surface area contributed by atoms with Gasteiger partial charge in [-0.25, -0.2) is 4.79 Å². The van der Waals surface area contributed by atoms with Crippen LogP contribution in [0.4, 0.5) is 0 Å². The number of hydrogen-bond acceptors (Lipinski definition) is 6. The summed E-state index contributed by atoms with van der Waals surface area (Å²) in [6, 6.07) is -3.22. The van der Waals surface area contributed by atoms with Crippen LogP contribution in [0.3, 0.4) is 0 Å². The van der Waals surface area contributed by atoms with Gasteiger partial charge in [0.05, 0.1) is 12.6 Å². The van der Waals surface area contributed by atoms with Gasteiger partial charge >= 0.3 is 5.97 Å². The molecule has 0 aromatic carbocycles. The number of hydrogen-bond donors (Lipinski definition) is 5. The minimum atomic E-state index is -1.31. The summed E-state index contributed by atoms with van der Waals surface area (Å²) in [5.74, 6) is -3.24. The van der Waals surface area contributed by atoms with Gasteiger partial charge in [0, 0.05) is 6.54 Å². The van der Waals surface area contributed by atoms with Gasteiger partial charge in [-0.2, -0.15) is 0 Å². The van der Waals surface area contributed by atoms with Gasteiger partial charge in [-0.3, -0.25) is 14.4 Å². The van der Waals surface area contributed by atoms with Crippen LogP contribution in [-0.4, -0.2) is 76.1 Å². The number of carbonyl (C=O) groups is 4. The lowest BCUT2D eigenvalue weighted by atomic mass is 10.0. The third-order valence-corrected chi connectivity index (χ3v) is 4.32. The predicted octanol–water partition coefficient (Wildman–Crippen LogP) is -1.97. The second-order valence-corrected chi connectivity index (χ2v) is 6.75.